The minimum atomic E-state index is -0.367. The number of hydrogen-bond donors (Lipinski definition) is 0. The van der Waals surface area contributed by atoms with Crippen molar-refractivity contribution >= 4 is 0 Å². The molecule has 66 valence electrons. The van der Waals surface area contributed by atoms with Gasteiger partial charge in [0.1, 0.15) is 11.2 Å². The van der Waals surface area contributed by atoms with Gasteiger partial charge in [0.25, 0.3) is 0 Å². The molecule has 1 aliphatic carbocycles. The van der Waals surface area contributed by atoms with Gasteiger partial charge < -0.3 is 0 Å². The van der Waals surface area contributed by atoms with Crippen LogP contribution in [0.2, 0.25) is 0 Å². The van der Waals surface area contributed by atoms with Crippen molar-refractivity contribution in [2.75, 3.05) is 0 Å². The number of hydrogen-bond acceptors (Lipinski definition) is 3. The van der Waals surface area contributed by atoms with Gasteiger partial charge in [-0.1, -0.05) is 0 Å². The van der Waals surface area contributed by atoms with Crippen LogP contribution in [-0.2, 0) is 5.41 Å². The molecule has 3 nitrogen and oxygen atoms in total. The molecule has 1 aromatic heterocycles. The minimum Gasteiger partial charge on any atom is -0.239 e. The van der Waals surface area contributed by atoms with E-state index >= 15 is 0 Å². The van der Waals surface area contributed by atoms with Crippen LogP contribution in [0.15, 0.2) is 12.4 Å². The number of nitriles is 1. The summed E-state index contributed by atoms with van der Waals surface area (Å²) in [4.78, 5) is 8.42. The Balaban J connectivity index is 2.35. The van der Waals surface area contributed by atoms with Crippen LogP contribution in [0.25, 0.3) is 0 Å². The Labute approximate surface area is 77.4 Å². The molecule has 0 saturated heterocycles. The summed E-state index contributed by atoms with van der Waals surface area (Å²) < 4.78 is 0. The van der Waals surface area contributed by atoms with E-state index in [2.05, 4.69) is 16.0 Å². The normalized spacial score (nSPS) is 18.8. The van der Waals surface area contributed by atoms with Crippen molar-refractivity contribution in [3.8, 4) is 6.07 Å². The molecular weight excluding hydrogens is 162 g/mol. The summed E-state index contributed by atoms with van der Waals surface area (Å²) in [5, 5.41) is 9.03. The SMILES string of the molecule is Cc1cnc(C2(C#N)CCC2)nc1. The van der Waals surface area contributed by atoms with Gasteiger partial charge in [-0.15, -0.1) is 0 Å². The Morgan fingerprint density at radius 1 is 1.38 bits per heavy atom. The van der Waals surface area contributed by atoms with Crippen LogP contribution in [0.1, 0.15) is 30.7 Å². The Bertz CT molecular complexity index is 343. The van der Waals surface area contributed by atoms with Gasteiger partial charge in [-0.25, -0.2) is 9.97 Å². The van der Waals surface area contributed by atoms with Gasteiger partial charge in [0, 0.05) is 12.4 Å². The number of rotatable bonds is 1. The van der Waals surface area contributed by atoms with Gasteiger partial charge in [-0.3, -0.25) is 0 Å². The predicted octanol–water partition coefficient (Wildman–Crippen LogP) is 1.73. The molecular formula is C10H11N3. The molecule has 2 rings (SSSR count). The first-order valence-electron chi connectivity index (χ1n) is 4.47. The molecule has 0 radical (unpaired) electrons. The minimum absolute atomic E-state index is 0.367. The van der Waals surface area contributed by atoms with Crippen molar-refractivity contribution in [1.82, 2.24) is 9.97 Å². The van der Waals surface area contributed by atoms with Gasteiger partial charge in [-0.05, 0) is 31.7 Å². The van der Waals surface area contributed by atoms with E-state index in [0.717, 1.165) is 24.8 Å². The van der Waals surface area contributed by atoms with Gasteiger partial charge in [-0.2, -0.15) is 5.26 Å². The Hall–Kier alpha value is -1.43. The second kappa shape index (κ2) is 2.81. The molecule has 0 bridgehead atoms. The molecule has 13 heavy (non-hydrogen) atoms. The lowest BCUT2D eigenvalue weighted by Gasteiger charge is -2.33. The molecule has 0 amide bonds. The molecule has 0 unspecified atom stereocenters. The molecule has 1 fully saturated rings. The molecule has 0 aromatic carbocycles. The van der Waals surface area contributed by atoms with Crippen molar-refractivity contribution in [3.63, 3.8) is 0 Å². The lowest BCUT2D eigenvalue weighted by Crippen LogP contribution is -2.34. The predicted molar refractivity (Wildman–Crippen MR) is 47.9 cm³/mol. The van der Waals surface area contributed by atoms with E-state index < -0.39 is 0 Å². The molecule has 1 heterocycles. The van der Waals surface area contributed by atoms with E-state index in [1.165, 1.54) is 0 Å². The van der Waals surface area contributed by atoms with Crippen molar-refractivity contribution in [2.24, 2.45) is 0 Å². The van der Waals surface area contributed by atoms with Crippen LogP contribution >= 0.6 is 0 Å². The zero-order valence-electron chi connectivity index (χ0n) is 7.62. The standard InChI is InChI=1S/C10H11N3/c1-8-5-12-9(13-6-8)10(7-11)3-2-4-10/h5-6H,2-4H2,1H3. The van der Waals surface area contributed by atoms with E-state index in [9.17, 15) is 0 Å². The van der Waals surface area contributed by atoms with Gasteiger partial charge in [0.05, 0.1) is 6.07 Å². The highest BCUT2D eigenvalue weighted by Gasteiger charge is 2.41. The number of aromatic nitrogens is 2. The van der Waals surface area contributed by atoms with Gasteiger partial charge >= 0.3 is 0 Å². The van der Waals surface area contributed by atoms with Gasteiger partial charge in [0.15, 0.2) is 0 Å². The molecule has 0 N–H and O–H groups in total. The fraction of sp³-hybridized carbons (Fsp3) is 0.500. The summed E-state index contributed by atoms with van der Waals surface area (Å²) in [7, 11) is 0. The first kappa shape index (κ1) is 8.18. The number of nitrogens with zero attached hydrogens (tertiary/aromatic N) is 3. The molecule has 0 atom stereocenters. The maximum absolute atomic E-state index is 9.03. The third-order valence-corrected chi connectivity index (χ3v) is 2.63. The topological polar surface area (TPSA) is 49.6 Å². The largest absolute Gasteiger partial charge is 0.239 e. The third kappa shape index (κ3) is 1.19. The zero-order valence-corrected chi connectivity index (χ0v) is 7.62. The highest BCUT2D eigenvalue weighted by Crippen LogP contribution is 2.41. The third-order valence-electron chi connectivity index (χ3n) is 2.63. The molecule has 0 aliphatic heterocycles. The molecule has 1 aromatic rings. The summed E-state index contributed by atoms with van der Waals surface area (Å²) in [6, 6.07) is 2.33. The molecule has 3 heteroatoms. The van der Waals surface area contributed by atoms with Crippen LogP contribution in [0, 0.1) is 18.3 Å². The fourth-order valence-electron chi connectivity index (χ4n) is 1.56. The first-order valence-corrected chi connectivity index (χ1v) is 4.47. The monoisotopic (exact) mass is 173 g/mol. The average molecular weight is 173 g/mol. The van der Waals surface area contributed by atoms with Crippen molar-refractivity contribution in [1.29, 1.82) is 5.26 Å². The Morgan fingerprint density at radius 2 is 2.00 bits per heavy atom. The summed E-state index contributed by atoms with van der Waals surface area (Å²) in [5.41, 5.74) is 0.671. The lowest BCUT2D eigenvalue weighted by molar-refractivity contribution is 0.307. The summed E-state index contributed by atoms with van der Waals surface area (Å²) in [6.07, 6.45) is 6.49. The average Bonchev–Trinajstić information content (AvgIpc) is 2.07. The van der Waals surface area contributed by atoms with E-state index in [1.807, 2.05) is 6.92 Å². The van der Waals surface area contributed by atoms with E-state index in [1.54, 1.807) is 12.4 Å². The fourth-order valence-corrected chi connectivity index (χ4v) is 1.56. The van der Waals surface area contributed by atoms with Crippen LogP contribution < -0.4 is 0 Å². The zero-order chi connectivity index (χ0) is 9.31. The second-order valence-corrected chi connectivity index (χ2v) is 3.63. The van der Waals surface area contributed by atoms with Gasteiger partial charge in [0.2, 0.25) is 0 Å². The van der Waals surface area contributed by atoms with Crippen LogP contribution in [0.5, 0.6) is 0 Å². The maximum atomic E-state index is 9.03. The van der Waals surface area contributed by atoms with E-state index in [-0.39, 0.29) is 5.41 Å². The number of aryl methyl sites for hydroxylation is 1. The molecule has 0 spiro atoms. The van der Waals surface area contributed by atoms with Crippen LogP contribution in [0.3, 0.4) is 0 Å². The smallest absolute Gasteiger partial charge is 0.148 e. The Morgan fingerprint density at radius 3 is 2.38 bits per heavy atom. The summed E-state index contributed by atoms with van der Waals surface area (Å²) >= 11 is 0. The summed E-state index contributed by atoms with van der Waals surface area (Å²) in [6.45, 7) is 1.95. The highest BCUT2D eigenvalue weighted by atomic mass is 14.9. The Kier molecular flexibility index (Phi) is 1.77. The first-order chi connectivity index (χ1) is 6.27. The maximum Gasteiger partial charge on any atom is 0.148 e. The van der Waals surface area contributed by atoms with E-state index in [0.29, 0.717) is 5.82 Å². The van der Waals surface area contributed by atoms with Crippen molar-refractivity contribution in [2.45, 2.75) is 31.6 Å². The van der Waals surface area contributed by atoms with Crippen LogP contribution in [-0.4, -0.2) is 9.97 Å². The molecule has 1 saturated carbocycles. The lowest BCUT2D eigenvalue weighted by atomic mass is 9.69. The highest BCUT2D eigenvalue weighted by molar-refractivity contribution is 5.24. The second-order valence-electron chi connectivity index (χ2n) is 3.63. The quantitative estimate of drug-likeness (QED) is 0.649. The summed E-state index contributed by atoms with van der Waals surface area (Å²) in [5.74, 6) is 0.701. The van der Waals surface area contributed by atoms with Crippen LogP contribution in [0.4, 0.5) is 0 Å². The molecule has 1 aliphatic rings. The van der Waals surface area contributed by atoms with E-state index in [4.69, 9.17) is 5.26 Å². The van der Waals surface area contributed by atoms with Crippen molar-refractivity contribution in [3.05, 3.63) is 23.8 Å². The van der Waals surface area contributed by atoms with Crippen molar-refractivity contribution < 1.29 is 0 Å².